The summed E-state index contributed by atoms with van der Waals surface area (Å²) in [5.74, 6) is 2.54. The molecule has 6 heteroatoms. The van der Waals surface area contributed by atoms with Gasteiger partial charge in [0, 0.05) is 30.4 Å². The number of hydrogen-bond acceptors (Lipinski definition) is 4. The van der Waals surface area contributed by atoms with Crippen molar-refractivity contribution in [2.75, 3.05) is 20.2 Å². The summed E-state index contributed by atoms with van der Waals surface area (Å²) in [5.41, 5.74) is 3.95. The van der Waals surface area contributed by atoms with Crippen molar-refractivity contribution in [3.8, 4) is 5.75 Å². The topological polar surface area (TPSA) is 71.4 Å². The van der Waals surface area contributed by atoms with Crippen LogP contribution in [0.15, 0.2) is 59.1 Å². The van der Waals surface area contributed by atoms with Gasteiger partial charge < -0.3 is 19.0 Å². The lowest BCUT2D eigenvalue weighted by atomic mass is 9.97. The van der Waals surface area contributed by atoms with Crippen molar-refractivity contribution < 1.29 is 13.9 Å². The Morgan fingerprint density at radius 3 is 2.88 bits per heavy atom. The predicted molar refractivity (Wildman–Crippen MR) is 123 cm³/mol. The summed E-state index contributed by atoms with van der Waals surface area (Å²) in [4.78, 5) is 22.9. The number of benzene rings is 2. The second-order valence-corrected chi connectivity index (χ2v) is 8.55. The number of oxazole rings is 1. The molecular weight excluding hydrogens is 402 g/mol. The minimum Gasteiger partial charge on any atom is -0.497 e. The van der Waals surface area contributed by atoms with E-state index in [9.17, 15) is 4.79 Å². The Labute approximate surface area is 187 Å². The molecule has 164 valence electrons. The largest absolute Gasteiger partial charge is 0.497 e. The Morgan fingerprint density at radius 2 is 2.06 bits per heavy atom. The molecule has 1 aliphatic heterocycles. The molecule has 2 aromatic heterocycles. The second kappa shape index (κ2) is 8.54. The number of methoxy groups -OCH3 is 1. The lowest BCUT2D eigenvalue weighted by molar-refractivity contribution is 0.0693. The number of H-pyrrole nitrogens is 1. The van der Waals surface area contributed by atoms with Crippen LogP contribution in [0, 0.1) is 6.92 Å². The smallest absolute Gasteiger partial charge is 0.270 e. The van der Waals surface area contributed by atoms with Gasteiger partial charge in [-0.2, -0.15) is 0 Å². The average Bonchev–Trinajstić information content (AvgIpc) is 3.46. The number of nitrogens with one attached hydrogen (secondary N) is 1. The minimum atomic E-state index is 0.0357. The third kappa shape index (κ3) is 4.13. The van der Waals surface area contributed by atoms with Gasteiger partial charge in [0.25, 0.3) is 5.91 Å². The molecule has 32 heavy (non-hydrogen) atoms. The molecule has 6 nitrogen and oxygen atoms in total. The molecule has 1 atom stereocenters. The summed E-state index contributed by atoms with van der Waals surface area (Å²) in [7, 11) is 1.66. The first-order valence-corrected chi connectivity index (χ1v) is 11.1. The van der Waals surface area contributed by atoms with Crippen LogP contribution < -0.4 is 4.74 Å². The molecule has 0 bridgehead atoms. The van der Waals surface area contributed by atoms with Crippen LogP contribution in [-0.2, 0) is 6.42 Å². The van der Waals surface area contributed by atoms with E-state index in [2.05, 4.69) is 29.0 Å². The van der Waals surface area contributed by atoms with Gasteiger partial charge in [-0.15, -0.1) is 0 Å². The number of carbonyl (C=O) groups is 1. The Morgan fingerprint density at radius 1 is 1.22 bits per heavy atom. The van der Waals surface area contributed by atoms with Crippen molar-refractivity contribution in [1.29, 1.82) is 0 Å². The summed E-state index contributed by atoms with van der Waals surface area (Å²) in [6.07, 6.45) is 4.39. The van der Waals surface area contributed by atoms with E-state index in [1.54, 1.807) is 13.3 Å². The Bertz CT molecular complexity index is 1240. The van der Waals surface area contributed by atoms with Gasteiger partial charge in [-0.25, -0.2) is 4.98 Å². The Hall–Kier alpha value is -3.54. The standard InChI is InChI=1S/C26H27N3O3/c1-17-5-8-19-14-24(28-23(19)12-17)26(30)29-11-3-4-20(16-29)25-27-15-22(32-25)13-18-6-9-21(31-2)10-7-18/h5-10,12,14-15,20,28H,3-4,11,13,16H2,1-2H3/t20-/m1/s1. The third-order valence-electron chi connectivity index (χ3n) is 6.18. The minimum absolute atomic E-state index is 0.0357. The van der Waals surface area contributed by atoms with E-state index in [4.69, 9.17) is 9.15 Å². The van der Waals surface area contributed by atoms with Gasteiger partial charge in [-0.05, 0) is 55.2 Å². The van der Waals surface area contributed by atoms with Crippen LogP contribution >= 0.6 is 0 Å². The van der Waals surface area contributed by atoms with Crippen LogP contribution in [-0.4, -0.2) is 41.0 Å². The number of aromatic nitrogens is 2. The fourth-order valence-corrected chi connectivity index (χ4v) is 4.43. The lowest BCUT2D eigenvalue weighted by Gasteiger charge is -2.31. The highest BCUT2D eigenvalue weighted by molar-refractivity contribution is 5.98. The Kier molecular flexibility index (Phi) is 5.43. The zero-order chi connectivity index (χ0) is 22.1. The predicted octanol–water partition coefficient (Wildman–Crippen LogP) is 5.08. The van der Waals surface area contributed by atoms with Gasteiger partial charge in [0.15, 0.2) is 5.89 Å². The van der Waals surface area contributed by atoms with Crippen LogP contribution in [0.3, 0.4) is 0 Å². The van der Waals surface area contributed by atoms with E-state index in [-0.39, 0.29) is 11.8 Å². The first-order valence-electron chi connectivity index (χ1n) is 11.1. The maximum Gasteiger partial charge on any atom is 0.270 e. The number of fused-ring (bicyclic) bond motifs is 1. The maximum atomic E-state index is 13.2. The molecule has 0 radical (unpaired) electrons. The summed E-state index contributed by atoms with van der Waals surface area (Å²) in [6.45, 7) is 3.43. The van der Waals surface area contributed by atoms with Crippen LogP contribution in [0.25, 0.3) is 10.9 Å². The summed E-state index contributed by atoms with van der Waals surface area (Å²) < 4.78 is 11.3. The van der Waals surface area contributed by atoms with Crippen LogP contribution in [0.1, 0.15) is 52.0 Å². The molecule has 5 rings (SSSR count). The van der Waals surface area contributed by atoms with E-state index < -0.39 is 0 Å². The number of nitrogens with zero attached hydrogens (tertiary/aromatic N) is 2. The molecule has 1 fully saturated rings. The van der Waals surface area contributed by atoms with Crippen molar-refractivity contribution >= 4 is 16.8 Å². The molecule has 0 unspecified atom stereocenters. The number of hydrogen-bond donors (Lipinski definition) is 1. The van der Waals surface area contributed by atoms with Gasteiger partial charge >= 0.3 is 0 Å². The molecule has 2 aromatic carbocycles. The number of rotatable bonds is 5. The third-order valence-corrected chi connectivity index (χ3v) is 6.18. The van der Waals surface area contributed by atoms with E-state index in [0.29, 0.717) is 18.7 Å². The van der Waals surface area contributed by atoms with Gasteiger partial charge in [0.2, 0.25) is 0 Å². The summed E-state index contributed by atoms with van der Waals surface area (Å²) in [6, 6.07) is 16.1. The fourth-order valence-electron chi connectivity index (χ4n) is 4.43. The molecule has 4 aromatic rings. The van der Waals surface area contributed by atoms with Crippen LogP contribution in [0.5, 0.6) is 5.75 Å². The highest BCUT2D eigenvalue weighted by atomic mass is 16.5. The molecule has 0 spiro atoms. The molecule has 1 aliphatic rings. The van der Waals surface area contributed by atoms with Crippen molar-refractivity contribution in [2.24, 2.45) is 0 Å². The molecule has 3 heterocycles. The second-order valence-electron chi connectivity index (χ2n) is 8.55. The quantitative estimate of drug-likeness (QED) is 0.480. The summed E-state index contributed by atoms with van der Waals surface area (Å²) in [5, 5.41) is 1.06. The first-order chi connectivity index (χ1) is 15.6. The normalized spacial score (nSPS) is 16.4. The number of aryl methyl sites for hydroxylation is 1. The molecule has 1 saturated heterocycles. The van der Waals surface area contributed by atoms with Crippen LogP contribution in [0.2, 0.25) is 0 Å². The van der Waals surface area contributed by atoms with Crippen LogP contribution in [0.4, 0.5) is 0 Å². The van der Waals surface area contributed by atoms with E-state index >= 15 is 0 Å². The zero-order valence-electron chi connectivity index (χ0n) is 18.4. The van der Waals surface area contributed by atoms with E-state index in [0.717, 1.165) is 53.3 Å². The highest BCUT2D eigenvalue weighted by Gasteiger charge is 2.29. The van der Waals surface area contributed by atoms with Crippen molar-refractivity contribution in [3.05, 3.63) is 83.2 Å². The maximum absolute atomic E-state index is 13.2. The van der Waals surface area contributed by atoms with Crippen molar-refractivity contribution in [3.63, 3.8) is 0 Å². The van der Waals surface area contributed by atoms with Gasteiger partial charge in [0.1, 0.15) is 17.2 Å². The molecule has 0 saturated carbocycles. The molecule has 1 N–H and O–H groups in total. The fraction of sp³-hybridized carbons (Fsp3) is 0.308. The van der Waals surface area contributed by atoms with Gasteiger partial charge in [0.05, 0.1) is 19.2 Å². The lowest BCUT2D eigenvalue weighted by Crippen LogP contribution is -2.39. The number of ether oxygens (including phenoxy) is 1. The van der Waals surface area contributed by atoms with Crippen molar-refractivity contribution in [1.82, 2.24) is 14.9 Å². The van der Waals surface area contributed by atoms with Crippen molar-refractivity contribution in [2.45, 2.75) is 32.1 Å². The molecule has 1 amide bonds. The Balaban J connectivity index is 1.27. The van der Waals surface area contributed by atoms with Gasteiger partial charge in [-0.1, -0.05) is 24.3 Å². The highest BCUT2D eigenvalue weighted by Crippen LogP contribution is 2.29. The monoisotopic (exact) mass is 429 g/mol. The summed E-state index contributed by atoms with van der Waals surface area (Å²) >= 11 is 0. The number of piperidine rings is 1. The number of aromatic amines is 1. The van der Waals surface area contributed by atoms with E-state index in [1.165, 1.54) is 5.56 Å². The number of likely N-dealkylation sites (tertiary alicyclic amines) is 1. The SMILES string of the molecule is COc1ccc(Cc2cnc([C@@H]3CCCN(C(=O)c4cc5ccc(C)cc5[nH]4)C3)o2)cc1. The zero-order valence-corrected chi connectivity index (χ0v) is 18.4. The number of carbonyl (C=O) groups excluding carboxylic acids is 1. The van der Waals surface area contributed by atoms with Gasteiger partial charge in [-0.3, -0.25) is 4.79 Å². The number of amides is 1. The molecule has 0 aliphatic carbocycles. The molecular formula is C26H27N3O3. The first kappa shape index (κ1) is 20.4. The average molecular weight is 430 g/mol. The van der Waals surface area contributed by atoms with E-state index in [1.807, 2.05) is 41.3 Å².